The van der Waals surface area contributed by atoms with Gasteiger partial charge in [-0.1, -0.05) is 43.3 Å². The third-order valence-electron chi connectivity index (χ3n) is 6.43. The van der Waals surface area contributed by atoms with Crippen LogP contribution in [-0.4, -0.2) is 36.6 Å². The fraction of sp³-hybridized carbons (Fsp3) is 0.462. The quantitative estimate of drug-likeness (QED) is 0.539. The molecule has 3 aromatic rings. The number of nitrogens with one attached hydrogen (secondary N) is 2. The van der Waals surface area contributed by atoms with Gasteiger partial charge in [0.25, 0.3) is 0 Å². The first-order chi connectivity index (χ1) is 15.1. The summed E-state index contributed by atoms with van der Waals surface area (Å²) < 4.78 is 0. The average Bonchev–Trinajstić information content (AvgIpc) is 2.80. The maximum Gasteiger partial charge on any atom is 0.225 e. The number of aromatic nitrogens is 2. The Morgan fingerprint density at radius 3 is 2.35 bits per heavy atom. The maximum absolute atomic E-state index is 4.80. The van der Waals surface area contributed by atoms with Crippen LogP contribution in [0.3, 0.4) is 0 Å². The second-order valence-corrected chi connectivity index (χ2v) is 8.90. The number of aryl methyl sites for hydroxylation is 1. The number of nitrogens with zero attached hydrogens (tertiary/aromatic N) is 3. The van der Waals surface area contributed by atoms with Crippen LogP contribution in [0.15, 0.2) is 48.5 Å². The minimum absolute atomic E-state index is 0.452. The van der Waals surface area contributed by atoms with Gasteiger partial charge >= 0.3 is 0 Å². The van der Waals surface area contributed by atoms with E-state index in [9.17, 15) is 0 Å². The summed E-state index contributed by atoms with van der Waals surface area (Å²) in [5.41, 5.74) is 3.88. The van der Waals surface area contributed by atoms with Crippen LogP contribution in [0.4, 0.5) is 11.8 Å². The molecule has 0 saturated heterocycles. The molecule has 164 valence electrons. The molecule has 0 unspecified atom stereocenters. The van der Waals surface area contributed by atoms with Gasteiger partial charge in [0.05, 0.1) is 5.52 Å². The van der Waals surface area contributed by atoms with Crippen LogP contribution in [0.25, 0.3) is 10.9 Å². The summed E-state index contributed by atoms with van der Waals surface area (Å²) in [4.78, 5) is 11.6. The van der Waals surface area contributed by atoms with Gasteiger partial charge in [-0.15, -0.1) is 0 Å². The lowest BCUT2D eigenvalue weighted by Crippen LogP contribution is -2.31. The van der Waals surface area contributed by atoms with E-state index in [-0.39, 0.29) is 0 Å². The largest absolute Gasteiger partial charge is 0.362 e. The molecule has 1 heterocycles. The Balaban J connectivity index is 1.29. The molecular formula is C26H35N5. The highest BCUT2D eigenvalue weighted by molar-refractivity contribution is 5.90. The molecule has 0 atom stereocenters. The normalized spacial score (nSPS) is 18.8. The van der Waals surface area contributed by atoms with Crippen molar-refractivity contribution in [3.8, 4) is 0 Å². The van der Waals surface area contributed by atoms with Crippen LogP contribution >= 0.6 is 0 Å². The molecule has 0 bridgehead atoms. The highest BCUT2D eigenvalue weighted by atomic mass is 15.2. The van der Waals surface area contributed by atoms with Gasteiger partial charge in [-0.25, -0.2) is 4.98 Å². The molecule has 2 N–H and O–H groups in total. The molecule has 1 aliphatic rings. The van der Waals surface area contributed by atoms with E-state index in [1.807, 2.05) is 26.2 Å². The Morgan fingerprint density at radius 2 is 1.61 bits per heavy atom. The zero-order chi connectivity index (χ0) is 21.6. The highest BCUT2D eigenvalue weighted by Crippen LogP contribution is 2.28. The summed E-state index contributed by atoms with van der Waals surface area (Å²) in [7, 11) is 4.07. The fourth-order valence-corrected chi connectivity index (χ4v) is 4.64. The van der Waals surface area contributed by atoms with Crippen molar-refractivity contribution in [2.75, 3.05) is 30.9 Å². The lowest BCUT2D eigenvalue weighted by Gasteiger charge is -2.29. The number of rotatable bonds is 8. The third kappa shape index (κ3) is 5.34. The van der Waals surface area contributed by atoms with E-state index in [0.717, 1.165) is 48.1 Å². The van der Waals surface area contributed by atoms with Crippen LogP contribution in [0.2, 0.25) is 0 Å². The average molecular weight is 418 g/mol. The Hall–Kier alpha value is -2.66. The molecule has 1 aromatic heterocycles. The Kier molecular flexibility index (Phi) is 7.03. The minimum atomic E-state index is 0.452. The predicted molar refractivity (Wildman–Crippen MR) is 131 cm³/mol. The Morgan fingerprint density at radius 1 is 0.903 bits per heavy atom. The van der Waals surface area contributed by atoms with Crippen molar-refractivity contribution in [1.29, 1.82) is 0 Å². The fourth-order valence-electron chi connectivity index (χ4n) is 4.64. The molecule has 4 rings (SSSR count). The topological polar surface area (TPSA) is 53.1 Å². The lowest BCUT2D eigenvalue weighted by molar-refractivity contribution is 0.323. The number of benzene rings is 2. The number of para-hydroxylation sites is 1. The van der Waals surface area contributed by atoms with Gasteiger partial charge in [0, 0.05) is 32.1 Å². The van der Waals surface area contributed by atoms with E-state index in [2.05, 4.69) is 58.9 Å². The van der Waals surface area contributed by atoms with Crippen LogP contribution in [0.1, 0.15) is 43.7 Å². The van der Waals surface area contributed by atoms with Gasteiger partial charge in [0.1, 0.15) is 5.82 Å². The summed E-state index contributed by atoms with van der Waals surface area (Å²) in [5, 5.41) is 8.41. The van der Waals surface area contributed by atoms with Crippen molar-refractivity contribution >= 4 is 22.7 Å². The molecule has 0 aliphatic heterocycles. The van der Waals surface area contributed by atoms with Crippen molar-refractivity contribution in [2.45, 2.75) is 51.6 Å². The van der Waals surface area contributed by atoms with Crippen LogP contribution < -0.4 is 15.5 Å². The number of anilines is 2. The van der Waals surface area contributed by atoms with Crippen molar-refractivity contribution in [3.63, 3.8) is 0 Å². The van der Waals surface area contributed by atoms with Crippen molar-refractivity contribution in [3.05, 3.63) is 59.7 Å². The van der Waals surface area contributed by atoms with Crippen molar-refractivity contribution < 1.29 is 0 Å². The second-order valence-electron chi connectivity index (χ2n) is 8.90. The number of fused-ring (bicyclic) bond motifs is 1. The van der Waals surface area contributed by atoms with E-state index in [0.29, 0.717) is 6.04 Å². The summed E-state index contributed by atoms with van der Waals surface area (Å²) in [6, 6.07) is 17.5. The van der Waals surface area contributed by atoms with E-state index in [1.54, 1.807) is 0 Å². The van der Waals surface area contributed by atoms with E-state index < -0.39 is 0 Å². The van der Waals surface area contributed by atoms with E-state index >= 15 is 0 Å². The minimum Gasteiger partial charge on any atom is -0.362 e. The second kappa shape index (κ2) is 10.1. The van der Waals surface area contributed by atoms with E-state index in [4.69, 9.17) is 9.97 Å². The molecule has 5 heteroatoms. The summed E-state index contributed by atoms with van der Waals surface area (Å²) >= 11 is 0. The standard InChI is InChI=1S/C26H35N5/c1-4-20-9-5-6-10-21(20)18-27-17-19-13-15-22(16-14-19)28-26-29-24-12-8-7-11-23(24)25(30-26)31(2)3/h5-12,19,22,27H,4,13-18H2,1-3H3,(H,28,29,30). The molecule has 0 radical (unpaired) electrons. The first-order valence-corrected chi connectivity index (χ1v) is 11.6. The van der Waals surface area contributed by atoms with Crippen molar-refractivity contribution in [1.82, 2.24) is 15.3 Å². The molecule has 0 amide bonds. The summed E-state index contributed by atoms with van der Waals surface area (Å²) in [5.74, 6) is 2.47. The highest BCUT2D eigenvalue weighted by Gasteiger charge is 2.22. The maximum atomic E-state index is 4.80. The summed E-state index contributed by atoms with van der Waals surface area (Å²) in [6.07, 6.45) is 5.93. The van der Waals surface area contributed by atoms with Gasteiger partial charge in [-0.05, 0) is 67.8 Å². The SMILES string of the molecule is CCc1ccccc1CNCC1CCC(Nc2nc(N(C)C)c3ccccc3n2)CC1. The Bertz CT molecular complexity index is 992. The van der Waals surface area contributed by atoms with Gasteiger partial charge < -0.3 is 15.5 Å². The molecule has 31 heavy (non-hydrogen) atoms. The number of hydrogen-bond acceptors (Lipinski definition) is 5. The third-order valence-corrected chi connectivity index (χ3v) is 6.43. The molecule has 1 saturated carbocycles. The zero-order valence-electron chi connectivity index (χ0n) is 19.1. The van der Waals surface area contributed by atoms with E-state index in [1.165, 1.54) is 36.8 Å². The molecule has 0 spiro atoms. The van der Waals surface area contributed by atoms with Gasteiger partial charge in [0.15, 0.2) is 0 Å². The van der Waals surface area contributed by atoms with Gasteiger partial charge in [0.2, 0.25) is 5.95 Å². The molecule has 1 aliphatic carbocycles. The molecule has 2 aromatic carbocycles. The predicted octanol–water partition coefficient (Wildman–Crippen LogP) is 5.02. The van der Waals surface area contributed by atoms with Crippen molar-refractivity contribution in [2.24, 2.45) is 5.92 Å². The molecule has 5 nitrogen and oxygen atoms in total. The first kappa shape index (κ1) is 21.6. The Labute approximate surface area is 186 Å². The molecular weight excluding hydrogens is 382 g/mol. The molecule has 1 fully saturated rings. The van der Waals surface area contributed by atoms with Gasteiger partial charge in [-0.2, -0.15) is 4.98 Å². The van der Waals surface area contributed by atoms with Crippen LogP contribution in [0.5, 0.6) is 0 Å². The van der Waals surface area contributed by atoms with Crippen LogP contribution in [0, 0.1) is 5.92 Å². The smallest absolute Gasteiger partial charge is 0.225 e. The first-order valence-electron chi connectivity index (χ1n) is 11.6. The number of hydrogen-bond donors (Lipinski definition) is 2. The lowest BCUT2D eigenvalue weighted by atomic mass is 9.86. The van der Waals surface area contributed by atoms with Gasteiger partial charge in [-0.3, -0.25) is 0 Å². The summed E-state index contributed by atoms with van der Waals surface area (Å²) in [6.45, 7) is 4.30. The monoisotopic (exact) mass is 417 g/mol. The van der Waals surface area contributed by atoms with Crippen LogP contribution in [-0.2, 0) is 13.0 Å². The zero-order valence-corrected chi connectivity index (χ0v) is 19.1.